The Labute approximate surface area is 205 Å². The van der Waals surface area contributed by atoms with Crippen LogP contribution in [0.2, 0.25) is 0 Å². The number of carbonyl (C=O) groups is 1. The zero-order chi connectivity index (χ0) is 23.8. The predicted octanol–water partition coefficient (Wildman–Crippen LogP) is 6.81. The number of rotatable bonds is 11. The van der Waals surface area contributed by atoms with Crippen molar-refractivity contribution in [3.05, 3.63) is 69.2 Å². The molecule has 1 amide bonds. The summed E-state index contributed by atoms with van der Waals surface area (Å²) < 4.78 is 2.60. The van der Waals surface area contributed by atoms with E-state index in [4.69, 9.17) is 4.98 Å². The lowest BCUT2D eigenvalue weighted by Gasteiger charge is -2.30. The van der Waals surface area contributed by atoms with Crippen LogP contribution in [0.15, 0.2) is 57.8 Å². The summed E-state index contributed by atoms with van der Waals surface area (Å²) in [6, 6.07) is 14.7. The third-order valence-electron chi connectivity index (χ3n) is 6.01. The number of para-hydroxylation sites is 1. The van der Waals surface area contributed by atoms with E-state index >= 15 is 0 Å². The fourth-order valence-corrected chi connectivity index (χ4v) is 4.47. The molecule has 1 unspecified atom stereocenters. The summed E-state index contributed by atoms with van der Waals surface area (Å²) in [5.41, 5.74) is 1.28. The van der Waals surface area contributed by atoms with Crippen LogP contribution in [0.25, 0.3) is 16.6 Å². The summed E-state index contributed by atoms with van der Waals surface area (Å²) in [6.07, 6.45) is 6.93. The Hall–Kier alpha value is -2.47. The van der Waals surface area contributed by atoms with Crippen molar-refractivity contribution in [1.82, 2.24) is 14.5 Å². The van der Waals surface area contributed by atoms with Crippen LogP contribution in [0, 0.1) is 0 Å². The second-order valence-electron chi connectivity index (χ2n) is 8.53. The Kier molecular flexibility index (Phi) is 9.24. The molecule has 0 aliphatic rings. The van der Waals surface area contributed by atoms with E-state index in [2.05, 4.69) is 29.8 Å². The van der Waals surface area contributed by atoms with Crippen molar-refractivity contribution in [3.8, 4) is 5.69 Å². The van der Waals surface area contributed by atoms with Gasteiger partial charge in [0.2, 0.25) is 5.91 Å². The van der Waals surface area contributed by atoms with Gasteiger partial charge in [-0.1, -0.05) is 67.6 Å². The van der Waals surface area contributed by atoms with E-state index < -0.39 is 0 Å². The molecular formula is C27H34BrN3O2. The number of benzene rings is 2. The van der Waals surface area contributed by atoms with E-state index in [1.165, 1.54) is 19.3 Å². The topological polar surface area (TPSA) is 55.2 Å². The predicted molar refractivity (Wildman–Crippen MR) is 139 cm³/mol. The third-order valence-corrected chi connectivity index (χ3v) is 6.54. The van der Waals surface area contributed by atoms with Crippen LogP contribution in [-0.4, -0.2) is 26.9 Å². The van der Waals surface area contributed by atoms with Gasteiger partial charge in [0, 0.05) is 17.4 Å². The smallest absolute Gasteiger partial charge is 0.266 e. The van der Waals surface area contributed by atoms with Gasteiger partial charge >= 0.3 is 0 Å². The van der Waals surface area contributed by atoms with Gasteiger partial charge in [-0.05, 0) is 56.2 Å². The van der Waals surface area contributed by atoms with Crippen LogP contribution >= 0.6 is 15.9 Å². The molecule has 0 spiro atoms. The Balaban J connectivity index is 2.02. The molecule has 3 aromatic rings. The monoisotopic (exact) mass is 511 g/mol. The average molecular weight is 512 g/mol. The van der Waals surface area contributed by atoms with Gasteiger partial charge in [-0.2, -0.15) is 0 Å². The Bertz CT molecular complexity index is 1120. The molecular weight excluding hydrogens is 478 g/mol. The highest BCUT2D eigenvalue weighted by Gasteiger charge is 2.26. The molecule has 0 saturated heterocycles. The fraction of sp³-hybridized carbons (Fsp3) is 0.444. The van der Waals surface area contributed by atoms with Crippen molar-refractivity contribution in [2.45, 2.75) is 71.8 Å². The second-order valence-corrected chi connectivity index (χ2v) is 9.45. The third kappa shape index (κ3) is 6.11. The highest BCUT2D eigenvalue weighted by Crippen LogP contribution is 2.25. The lowest BCUT2D eigenvalue weighted by Crippen LogP contribution is -2.37. The number of unbranched alkanes of at least 4 members (excludes halogenated alkanes) is 4. The van der Waals surface area contributed by atoms with Crippen molar-refractivity contribution in [2.75, 3.05) is 6.54 Å². The van der Waals surface area contributed by atoms with Gasteiger partial charge in [-0.15, -0.1) is 0 Å². The van der Waals surface area contributed by atoms with E-state index in [0.29, 0.717) is 29.7 Å². The van der Waals surface area contributed by atoms with E-state index in [-0.39, 0.29) is 17.5 Å². The maximum absolute atomic E-state index is 13.6. The molecule has 1 atom stereocenters. The first-order chi connectivity index (χ1) is 16.0. The molecule has 0 N–H and O–H groups in total. The minimum Gasteiger partial charge on any atom is -0.333 e. The van der Waals surface area contributed by atoms with Crippen LogP contribution in [0.1, 0.15) is 77.6 Å². The normalized spacial score (nSPS) is 12.1. The first kappa shape index (κ1) is 25.2. The fourth-order valence-electron chi connectivity index (χ4n) is 4.21. The number of hydrogen-bond acceptors (Lipinski definition) is 3. The van der Waals surface area contributed by atoms with E-state index in [1.807, 2.05) is 54.3 Å². The highest BCUT2D eigenvalue weighted by molar-refractivity contribution is 9.10. The average Bonchev–Trinajstić information content (AvgIpc) is 2.82. The lowest BCUT2D eigenvalue weighted by molar-refractivity contribution is -0.133. The maximum atomic E-state index is 13.6. The summed E-state index contributed by atoms with van der Waals surface area (Å²) in [4.78, 5) is 33.6. The number of halogens is 1. The van der Waals surface area contributed by atoms with E-state index in [0.717, 1.165) is 29.4 Å². The van der Waals surface area contributed by atoms with Crippen molar-refractivity contribution in [3.63, 3.8) is 0 Å². The summed E-state index contributed by atoms with van der Waals surface area (Å²) in [5.74, 6) is 0.722. The Morgan fingerprint density at radius 3 is 2.39 bits per heavy atom. The van der Waals surface area contributed by atoms with Crippen LogP contribution in [-0.2, 0) is 4.79 Å². The maximum Gasteiger partial charge on any atom is 0.266 e. The van der Waals surface area contributed by atoms with Crippen LogP contribution in [0.5, 0.6) is 0 Å². The van der Waals surface area contributed by atoms with Gasteiger partial charge in [0.25, 0.3) is 5.56 Å². The van der Waals surface area contributed by atoms with Crippen LogP contribution in [0.3, 0.4) is 0 Å². The summed E-state index contributed by atoms with van der Waals surface area (Å²) in [7, 11) is 0. The SMILES string of the molecule is CCCCCCCC(=O)N(CCC)C(C)c1nc2ccccc2c(=O)n1-c1ccc(Br)cc1. The Morgan fingerprint density at radius 1 is 1.00 bits per heavy atom. The summed E-state index contributed by atoms with van der Waals surface area (Å²) >= 11 is 3.47. The van der Waals surface area contributed by atoms with Crippen molar-refractivity contribution in [2.24, 2.45) is 0 Å². The van der Waals surface area contributed by atoms with E-state index in [1.54, 1.807) is 10.6 Å². The summed E-state index contributed by atoms with van der Waals surface area (Å²) in [5, 5.41) is 0.570. The molecule has 2 aromatic carbocycles. The molecule has 0 radical (unpaired) electrons. The Morgan fingerprint density at radius 2 is 1.70 bits per heavy atom. The molecule has 1 aromatic heterocycles. The van der Waals surface area contributed by atoms with Gasteiger partial charge in [0.1, 0.15) is 5.82 Å². The molecule has 0 aliphatic carbocycles. The lowest BCUT2D eigenvalue weighted by atomic mass is 10.1. The van der Waals surface area contributed by atoms with Gasteiger partial charge in [-0.3, -0.25) is 14.2 Å². The number of fused-ring (bicyclic) bond motifs is 1. The van der Waals surface area contributed by atoms with Gasteiger partial charge in [-0.25, -0.2) is 4.98 Å². The standard InChI is InChI=1S/C27H34BrN3O2/c1-4-6-7-8-9-14-25(32)30(19-5-2)20(3)26-29-24-13-11-10-12-23(24)27(33)31(26)22-17-15-21(28)16-18-22/h10-13,15-18,20H,4-9,14,19H2,1-3H3. The zero-order valence-electron chi connectivity index (χ0n) is 19.9. The number of hydrogen-bond donors (Lipinski definition) is 0. The zero-order valence-corrected chi connectivity index (χ0v) is 21.5. The van der Waals surface area contributed by atoms with Crippen molar-refractivity contribution in [1.29, 1.82) is 0 Å². The number of amides is 1. The molecule has 5 nitrogen and oxygen atoms in total. The molecule has 3 rings (SSSR count). The molecule has 6 heteroatoms. The number of carbonyl (C=O) groups excluding carboxylic acids is 1. The highest BCUT2D eigenvalue weighted by atomic mass is 79.9. The number of nitrogens with zero attached hydrogens (tertiary/aromatic N) is 3. The van der Waals surface area contributed by atoms with Gasteiger partial charge in [0.05, 0.1) is 22.6 Å². The minimum atomic E-state index is -0.325. The van der Waals surface area contributed by atoms with Gasteiger partial charge < -0.3 is 4.90 Å². The van der Waals surface area contributed by atoms with Crippen molar-refractivity contribution < 1.29 is 4.79 Å². The largest absolute Gasteiger partial charge is 0.333 e. The van der Waals surface area contributed by atoms with Crippen LogP contribution < -0.4 is 5.56 Å². The molecule has 33 heavy (non-hydrogen) atoms. The van der Waals surface area contributed by atoms with Crippen molar-refractivity contribution >= 4 is 32.7 Å². The van der Waals surface area contributed by atoms with E-state index in [9.17, 15) is 9.59 Å². The quantitative estimate of drug-likeness (QED) is 0.265. The molecule has 0 aliphatic heterocycles. The molecule has 0 bridgehead atoms. The first-order valence-electron chi connectivity index (χ1n) is 12.0. The summed E-state index contributed by atoms with van der Waals surface area (Å²) in [6.45, 7) is 6.88. The molecule has 176 valence electrons. The minimum absolute atomic E-state index is 0.117. The molecule has 0 saturated carbocycles. The molecule has 0 fully saturated rings. The molecule has 1 heterocycles. The first-order valence-corrected chi connectivity index (χ1v) is 12.8. The second kappa shape index (κ2) is 12.1. The van der Waals surface area contributed by atoms with Gasteiger partial charge in [0.15, 0.2) is 0 Å². The van der Waals surface area contributed by atoms with Crippen LogP contribution in [0.4, 0.5) is 0 Å². The number of aromatic nitrogens is 2.